The van der Waals surface area contributed by atoms with Crippen LogP contribution in [0.5, 0.6) is 11.5 Å². The Morgan fingerprint density at radius 1 is 0.279 bits per heavy atom. The Hall–Kier alpha value is -9.96. The van der Waals surface area contributed by atoms with Gasteiger partial charge in [0.2, 0.25) is 0 Å². The molecule has 8 heterocycles. The van der Waals surface area contributed by atoms with Crippen molar-refractivity contribution in [2.75, 3.05) is 95.6 Å². The minimum atomic E-state index is -1.95. The number of hydrogen-bond acceptors (Lipinski definition) is 18. The Balaban J connectivity index is 0.000000149. The quantitative estimate of drug-likeness (QED) is 0.0681. The fourth-order valence-electron chi connectivity index (χ4n) is 15.1. The Labute approximate surface area is 786 Å². The summed E-state index contributed by atoms with van der Waals surface area (Å²) in [5, 5.41) is 2.58. The van der Waals surface area contributed by atoms with Crippen molar-refractivity contribution in [2.45, 2.75) is 56.0 Å². The van der Waals surface area contributed by atoms with Crippen LogP contribution < -0.4 is 54.3 Å². The first-order valence-electron chi connectivity index (χ1n) is 39.1. The summed E-state index contributed by atoms with van der Waals surface area (Å²) in [6.45, 7) is 29.6. The molecule has 23 heteroatoms. The number of aryl methyl sites for hydroxylation is 4. The van der Waals surface area contributed by atoms with Crippen molar-refractivity contribution in [2.24, 2.45) is 0 Å². The van der Waals surface area contributed by atoms with Gasteiger partial charge in [-0.1, -0.05) is 89.3 Å². The first kappa shape index (κ1) is 91.3. The van der Waals surface area contributed by atoms with Gasteiger partial charge in [-0.05, 0) is 178 Å². The molecule has 10 aromatic carbocycles. The molecule has 0 bridgehead atoms. The smallest absolute Gasteiger partial charge is 0.510 e. The Kier molecular flexibility index (Phi) is 29.7. The SMILES string of the molecule is Cc1cc(N2C=CN(C)[CH-]2)[c-]c(C2(c3[c-]c(N4C=CN(C)[CH-]4)ccc3)c3ccccc3-c3ccccc32)c1.Cc1cc(N2C=CN(C)[CH-]2)[c-]c([Si](C)(C)c2[c-]c(N3C=CN(C)[CH-]3)ccc2)c1.Cc1cc(Oc2[c-]c(N3C=CN(C)[CH-]3)ccc2)[c-]c(N2C=CN(C)[CH-]2)c1.Cc1cc(Sc2[c-]c(N3C=CN(C)[CH-]3)ccc2)[c-]c(N2C=CN(C)[CH-]2)c1.[Pt+4].[Pt+4].[Pt+4].[Pt+4]. The monoisotopic (exact) mass is 2360 g/mol. The molecule has 9 aliphatic rings. The summed E-state index contributed by atoms with van der Waals surface area (Å²) in [4.78, 5) is 35.0. The molecule has 0 saturated heterocycles. The molecule has 17 nitrogen and oxygen atoms in total. The molecule has 1 aliphatic carbocycles. The summed E-state index contributed by atoms with van der Waals surface area (Å²) in [6.07, 6.45) is 32.6. The van der Waals surface area contributed by atoms with Crippen LogP contribution >= 0.6 is 11.8 Å². The number of nitrogens with zero attached hydrogens (tertiary/aromatic N) is 16. The van der Waals surface area contributed by atoms with Crippen LogP contribution in [0, 0.1) is 130 Å². The second-order valence-electron chi connectivity index (χ2n) is 31.0. The van der Waals surface area contributed by atoms with Crippen molar-refractivity contribution >= 4 is 75.7 Å². The van der Waals surface area contributed by atoms with E-state index >= 15 is 0 Å². The largest absolute Gasteiger partial charge is 4.00 e. The fourth-order valence-corrected chi connectivity index (χ4v) is 18.3. The normalized spacial score (nSPS) is 16.0. The van der Waals surface area contributed by atoms with Crippen LogP contribution in [-0.4, -0.2) is 104 Å². The van der Waals surface area contributed by atoms with E-state index in [1.165, 1.54) is 49.3 Å². The third kappa shape index (κ3) is 20.6. The fraction of sp³-hybridized carbons (Fsp3) is 0.152. The molecule has 0 amide bonds. The summed E-state index contributed by atoms with van der Waals surface area (Å²) in [7, 11) is 14.2. The van der Waals surface area contributed by atoms with Crippen molar-refractivity contribution in [1.82, 2.24) is 39.2 Å². The van der Waals surface area contributed by atoms with Crippen molar-refractivity contribution in [1.29, 1.82) is 0 Å². The molecule has 19 rings (SSSR count). The van der Waals surface area contributed by atoms with Gasteiger partial charge in [-0.2, -0.15) is 189 Å². The van der Waals surface area contributed by atoms with Crippen molar-refractivity contribution in [3.63, 3.8) is 0 Å². The van der Waals surface area contributed by atoms with Crippen LogP contribution in [0.25, 0.3) is 11.1 Å². The number of anilines is 8. The van der Waals surface area contributed by atoms with Crippen LogP contribution in [0.15, 0.2) is 279 Å². The second-order valence-corrected chi connectivity index (χ2v) is 36.4. The molecule has 0 radical (unpaired) electrons. The van der Waals surface area contributed by atoms with Gasteiger partial charge in [0, 0.05) is 16.9 Å². The van der Waals surface area contributed by atoms with E-state index in [0.29, 0.717) is 11.5 Å². The zero-order valence-electron chi connectivity index (χ0n) is 70.3. The second kappa shape index (κ2) is 39.7. The van der Waals surface area contributed by atoms with E-state index in [-0.39, 0.29) is 84.3 Å². The molecule has 122 heavy (non-hydrogen) atoms. The van der Waals surface area contributed by atoms with E-state index in [2.05, 4.69) is 320 Å². The predicted octanol–water partition coefficient (Wildman–Crippen LogP) is 18.2. The standard InChI is InChI=1S/C34H28N4.C23H26N4Si.C21H20N4O.C21H20N4S.4Pt/c1-25-19-27(22-29(20-25)38-18-16-36(3)24-38)34(26-9-8-10-28(21-26)37-17-15-35(2)23-37)32-13-6-4-11-30(32)31-12-5-7-14-33(31)34;1-19-13-21(27-12-10-25(3)18-27)16-23(14-19)28(4,5)22-8-6-7-20(15-22)26-11-9-24(2)17-26;2*1-17-11-19(25-10-8-23(3)16-25)14-21(12-17)26-20-6-4-5-18(13-20)24-9-7-22(2)15-24;;;;/h4-20,23-24H,1-3H3;6-14,17-18H,1-5H3;2*4-12,15-16H,1-3H3;;;;/q4*-4;4*+4. The minimum Gasteiger partial charge on any atom is -0.510 e. The Bertz CT molecular complexity index is 5430. The molecular formula is C99H94N16OPt4SSi. The van der Waals surface area contributed by atoms with Gasteiger partial charge in [-0.25, -0.2) is 0 Å². The van der Waals surface area contributed by atoms with E-state index in [9.17, 15) is 0 Å². The van der Waals surface area contributed by atoms with E-state index in [1.54, 1.807) is 11.8 Å². The zero-order valence-corrected chi connectivity index (χ0v) is 81.2. The Morgan fingerprint density at radius 2 is 0.607 bits per heavy atom. The minimum absolute atomic E-state index is 0. The van der Waals surface area contributed by atoms with Crippen LogP contribution in [0.3, 0.4) is 0 Å². The average molecular weight is 2360 g/mol. The maximum Gasteiger partial charge on any atom is 4.00 e. The summed E-state index contributed by atoms with van der Waals surface area (Å²) in [6, 6.07) is 88.7. The molecule has 0 atom stereocenters. The summed E-state index contributed by atoms with van der Waals surface area (Å²) in [5.41, 5.74) is 19.6. The zero-order chi connectivity index (χ0) is 81.9. The number of ether oxygens (including phenoxy) is 1. The topological polar surface area (TPSA) is 61.1 Å². The molecular weight excluding hydrogens is 2270 g/mol. The molecule has 0 aromatic heterocycles. The Morgan fingerprint density at radius 3 is 1.07 bits per heavy atom. The molecule has 0 fully saturated rings. The van der Waals surface area contributed by atoms with Gasteiger partial charge in [-0.15, -0.1) is 145 Å². The van der Waals surface area contributed by atoms with Gasteiger partial charge in [0.15, 0.2) is 0 Å². The van der Waals surface area contributed by atoms with Gasteiger partial charge < -0.3 is 83.1 Å². The molecule has 0 unspecified atom stereocenters. The van der Waals surface area contributed by atoms with Crippen LogP contribution in [0.4, 0.5) is 45.5 Å². The first-order chi connectivity index (χ1) is 57.0. The van der Waals surface area contributed by atoms with E-state index < -0.39 is 13.5 Å². The average Bonchev–Trinajstić information content (AvgIpc) is 1.53. The molecule has 626 valence electrons. The van der Waals surface area contributed by atoms with Gasteiger partial charge in [-0.3, -0.25) is 0 Å². The number of hydrogen-bond donors (Lipinski definition) is 0. The number of rotatable bonds is 16. The van der Waals surface area contributed by atoms with E-state index in [4.69, 9.17) is 4.74 Å². The first-order valence-corrected chi connectivity index (χ1v) is 42.9. The maximum atomic E-state index is 6.05. The van der Waals surface area contributed by atoms with Gasteiger partial charge in [0.05, 0.1) is 8.07 Å². The maximum absolute atomic E-state index is 6.05. The van der Waals surface area contributed by atoms with Gasteiger partial charge >= 0.3 is 84.3 Å². The third-order valence-electron chi connectivity index (χ3n) is 20.9. The van der Waals surface area contributed by atoms with Crippen molar-refractivity contribution < 1.29 is 89.0 Å². The van der Waals surface area contributed by atoms with Crippen LogP contribution in [0.2, 0.25) is 13.1 Å². The molecule has 0 N–H and O–H groups in total. The number of fused-ring (bicyclic) bond motifs is 3. The number of benzene rings is 10. The van der Waals surface area contributed by atoms with E-state index in [1.807, 2.05) is 227 Å². The third-order valence-corrected chi connectivity index (χ3v) is 25.1. The summed E-state index contributed by atoms with van der Waals surface area (Å²) >= 11 is 1.68. The predicted molar refractivity (Wildman–Crippen MR) is 482 cm³/mol. The summed E-state index contributed by atoms with van der Waals surface area (Å²) < 4.78 is 6.05. The van der Waals surface area contributed by atoms with Crippen LogP contribution in [0.1, 0.15) is 44.5 Å². The summed E-state index contributed by atoms with van der Waals surface area (Å²) in [5.74, 6) is 1.33. The van der Waals surface area contributed by atoms with Gasteiger partial charge in [0.25, 0.3) is 0 Å². The molecule has 10 aromatic rings. The van der Waals surface area contributed by atoms with E-state index in [0.717, 1.165) is 72.0 Å². The molecule has 8 aliphatic heterocycles. The molecule has 0 saturated carbocycles. The van der Waals surface area contributed by atoms with Gasteiger partial charge in [0.1, 0.15) is 0 Å². The van der Waals surface area contributed by atoms with Crippen LogP contribution in [-0.2, 0) is 89.7 Å². The molecule has 0 spiro atoms. The van der Waals surface area contributed by atoms with Crippen molar-refractivity contribution in [3.05, 3.63) is 415 Å². The van der Waals surface area contributed by atoms with Crippen molar-refractivity contribution in [3.8, 4) is 22.6 Å².